The van der Waals surface area contributed by atoms with Crippen LogP contribution in [0.1, 0.15) is 5.56 Å². The monoisotopic (exact) mass is 532 g/mol. The molecule has 0 radical (unpaired) electrons. The normalized spacial score (nSPS) is 11.9. The molecule has 0 saturated carbocycles. The van der Waals surface area contributed by atoms with Gasteiger partial charge in [-0.05, 0) is 65.1 Å². The Hall–Kier alpha value is -1.53. The average Bonchev–Trinajstić information content (AvgIpc) is 2.53. The van der Waals surface area contributed by atoms with Crippen LogP contribution in [0.2, 0.25) is 5.02 Å². The summed E-state index contributed by atoms with van der Waals surface area (Å²) in [5.74, 6) is -0.833. The molecule has 2 rings (SSSR count). The van der Waals surface area contributed by atoms with E-state index in [1.165, 1.54) is 12.1 Å². The van der Waals surface area contributed by atoms with Crippen molar-refractivity contribution in [2.24, 2.45) is 0 Å². The maximum atomic E-state index is 12.8. The summed E-state index contributed by atoms with van der Waals surface area (Å²) in [6.45, 7) is -0.619. The minimum Gasteiger partial charge on any atom is -0.323 e. The van der Waals surface area contributed by atoms with Gasteiger partial charge in [0.15, 0.2) is 0 Å². The third kappa shape index (κ3) is 5.98. The number of nitrogens with one attached hydrogen (secondary N) is 1. The van der Waals surface area contributed by atoms with Gasteiger partial charge in [-0.2, -0.15) is 13.2 Å². The highest BCUT2D eigenvalue weighted by atomic mass is 127. The number of hydrogen-bond donors (Lipinski definition) is 1. The van der Waals surface area contributed by atoms with Crippen LogP contribution in [0.3, 0.4) is 0 Å². The van der Waals surface area contributed by atoms with Crippen molar-refractivity contribution < 1.29 is 26.4 Å². The van der Waals surface area contributed by atoms with Crippen molar-refractivity contribution in [3.8, 4) is 0 Å². The lowest BCUT2D eigenvalue weighted by atomic mass is 10.2. The molecule has 146 valence electrons. The first-order chi connectivity index (χ1) is 12.4. The molecule has 1 amide bonds. The topological polar surface area (TPSA) is 66.5 Å². The molecule has 5 nitrogen and oxygen atoms in total. The lowest BCUT2D eigenvalue weighted by Crippen LogP contribution is -2.37. The minimum absolute atomic E-state index is 0.100. The third-order valence-corrected chi connectivity index (χ3v) is 5.56. The second-order valence-electron chi connectivity index (χ2n) is 5.49. The molecule has 0 heterocycles. The predicted octanol–water partition coefficient (Wildman–Crippen LogP) is 4.37. The summed E-state index contributed by atoms with van der Waals surface area (Å²) in [5.41, 5.74) is -0.990. The Bertz CT molecular complexity index is 950. The Kier molecular flexibility index (Phi) is 6.63. The van der Waals surface area contributed by atoms with Crippen molar-refractivity contribution in [2.75, 3.05) is 22.4 Å². The number of nitrogens with zero attached hydrogens (tertiary/aromatic N) is 1. The van der Waals surface area contributed by atoms with E-state index < -0.39 is 34.2 Å². The first kappa shape index (κ1) is 21.8. The fourth-order valence-corrected chi connectivity index (χ4v) is 3.51. The Labute approximate surface area is 172 Å². The van der Waals surface area contributed by atoms with Gasteiger partial charge in [-0.3, -0.25) is 9.10 Å². The lowest BCUT2D eigenvalue weighted by molar-refractivity contribution is -0.137. The number of halogens is 5. The van der Waals surface area contributed by atoms with Gasteiger partial charge in [0, 0.05) is 3.57 Å². The van der Waals surface area contributed by atoms with Crippen LogP contribution >= 0.6 is 34.2 Å². The van der Waals surface area contributed by atoms with Crippen LogP contribution in [-0.4, -0.2) is 27.1 Å². The van der Waals surface area contributed by atoms with Gasteiger partial charge in [-0.15, -0.1) is 0 Å². The fraction of sp³-hybridized carbons (Fsp3) is 0.188. The van der Waals surface area contributed by atoms with Crippen molar-refractivity contribution in [3.05, 3.63) is 56.6 Å². The Morgan fingerprint density at radius 3 is 2.30 bits per heavy atom. The number of rotatable bonds is 5. The lowest BCUT2D eigenvalue weighted by Gasteiger charge is -2.22. The molecule has 27 heavy (non-hydrogen) atoms. The Morgan fingerprint density at radius 2 is 1.78 bits per heavy atom. The largest absolute Gasteiger partial charge is 0.416 e. The SMILES string of the molecule is CS(=O)(=O)N(CC(=O)Nc1cc(C(F)(F)F)ccc1Cl)c1ccc(I)cc1. The fourth-order valence-electron chi connectivity index (χ4n) is 2.12. The molecule has 11 heteroatoms. The van der Waals surface area contributed by atoms with Crippen LogP contribution in [0.4, 0.5) is 24.5 Å². The van der Waals surface area contributed by atoms with Crippen molar-refractivity contribution in [3.63, 3.8) is 0 Å². The standard InChI is InChI=1S/C16H13ClF3IN2O3S/c1-27(25,26)23(12-5-3-11(21)4-6-12)9-15(24)22-14-8-10(16(18,19)20)2-7-13(14)17/h2-8H,9H2,1H3,(H,22,24). The van der Waals surface area contributed by atoms with Gasteiger partial charge < -0.3 is 5.32 Å². The average molecular weight is 533 g/mol. The maximum Gasteiger partial charge on any atom is 0.416 e. The number of carbonyl (C=O) groups is 1. The maximum absolute atomic E-state index is 12.8. The van der Waals surface area contributed by atoms with E-state index in [-0.39, 0.29) is 16.4 Å². The summed E-state index contributed by atoms with van der Waals surface area (Å²) in [7, 11) is -3.80. The summed E-state index contributed by atoms with van der Waals surface area (Å²) >= 11 is 7.88. The van der Waals surface area contributed by atoms with Crippen molar-refractivity contribution in [1.29, 1.82) is 0 Å². The molecule has 0 unspecified atom stereocenters. The zero-order valence-electron chi connectivity index (χ0n) is 13.7. The Morgan fingerprint density at radius 1 is 1.19 bits per heavy atom. The van der Waals surface area contributed by atoms with Crippen LogP contribution in [0.5, 0.6) is 0 Å². The summed E-state index contributed by atoms with van der Waals surface area (Å²) < 4.78 is 64.2. The van der Waals surface area contributed by atoms with Gasteiger partial charge in [0.25, 0.3) is 0 Å². The number of carbonyl (C=O) groups excluding carboxylic acids is 1. The van der Waals surface area contributed by atoms with Crippen molar-refractivity contribution in [1.82, 2.24) is 0 Å². The van der Waals surface area contributed by atoms with Gasteiger partial charge in [0.1, 0.15) is 6.54 Å². The number of benzene rings is 2. The van der Waals surface area contributed by atoms with Crippen LogP contribution in [0.25, 0.3) is 0 Å². The summed E-state index contributed by atoms with van der Waals surface area (Å²) in [5, 5.41) is 2.13. The molecule has 1 N–H and O–H groups in total. The molecule has 0 spiro atoms. The molecule has 0 saturated heterocycles. The number of alkyl halides is 3. The highest BCUT2D eigenvalue weighted by Crippen LogP contribution is 2.33. The van der Waals surface area contributed by atoms with E-state index in [2.05, 4.69) is 5.32 Å². The van der Waals surface area contributed by atoms with Crippen LogP contribution in [0.15, 0.2) is 42.5 Å². The summed E-state index contributed by atoms with van der Waals surface area (Å²) in [6.07, 6.45) is -3.68. The van der Waals surface area contributed by atoms with E-state index >= 15 is 0 Å². The molecule has 0 aliphatic rings. The minimum atomic E-state index is -4.61. The van der Waals surface area contributed by atoms with Gasteiger partial charge in [0.2, 0.25) is 15.9 Å². The molecule has 0 fully saturated rings. The smallest absolute Gasteiger partial charge is 0.323 e. The second kappa shape index (κ2) is 8.23. The van der Waals surface area contributed by atoms with Crippen LogP contribution < -0.4 is 9.62 Å². The number of anilines is 2. The molecular formula is C16H13ClF3IN2O3S. The zero-order valence-corrected chi connectivity index (χ0v) is 17.4. The quantitative estimate of drug-likeness (QED) is 0.582. The van der Waals surface area contributed by atoms with E-state index in [4.69, 9.17) is 11.6 Å². The molecule has 0 aromatic heterocycles. The van der Waals surface area contributed by atoms with Gasteiger partial charge in [-0.25, -0.2) is 8.42 Å². The molecule has 0 atom stereocenters. The van der Waals surface area contributed by atoms with E-state index in [1.54, 1.807) is 12.1 Å². The number of sulfonamides is 1. The van der Waals surface area contributed by atoms with E-state index in [0.29, 0.717) is 6.07 Å². The summed E-state index contributed by atoms with van der Waals surface area (Å²) in [4.78, 5) is 12.3. The van der Waals surface area contributed by atoms with Gasteiger partial charge in [-0.1, -0.05) is 11.6 Å². The van der Waals surface area contributed by atoms with E-state index in [9.17, 15) is 26.4 Å². The van der Waals surface area contributed by atoms with Crippen molar-refractivity contribution in [2.45, 2.75) is 6.18 Å². The number of amides is 1. The zero-order chi connectivity index (χ0) is 20.4. The number of hydrogen-bond acceptors (Lipinski definition) is 3. The molecular weight excluding hydrogens is 520 g/mol. The first-order valence-corrected chi connectivity index (χ1v) is 10.6. The van der Waals surface area contributed by atoms with Crippen molar-refractivity contribution >= 4 is 61.5 Å². The van der Waals surface area contributed by atoms with E-state index in [1.807, 2.05) is 22.6 Å². The third-order valence-electron chi connectivity index (χ3n) is 3.37. The highest BCUT2D eigenvalue weighted by molar-refractivity contribution is 14.1. The highest BCUT2D eigenvalue weighted by Gasteiger charge is 2.31. The molecule has 0 aliphatic heterocycles. The van der Waals surface area contributed by atoms with Crippen LogP contribution in [-0.2, 0) is 21.0 Å². The summed E-state index contributed by atoms with van der Waals surface area (Å²) in [6, 6.07) is 8.85. The molecule has 2 aromatic rings. The molecule has 2 aromatic carbocycles. The first-order valence-electron chi connectivity index (χ1n) is 7.28. The Balaban J connectivity index is 2.25. The molecule has 0 aliphatic carbocycles. The van der Waals surface area contributed by atoms with Gasteiger partial charge >= 0.3 is 6.18 Å². The van der Waals surface area contributed by atoms with Crippen LogP contribution in [0, 0.1) is 3.57 Å². The van der Waals surface area contributed by atoms with E-state index in [0.717, 1.165) is 26.3 Å². The molecule has 0 bridgehead atoms. The second-order valence-corrected chi connectivity index (χ2v) is 9.05. The predicted molar refractivity (Wildman–Crippen MR) is 106 cm³/mol. The van der Waals surface area contributed by atoms with Gasteiger partial charge in [0.05, 0.1) is 28.2 Å².